The van der Waals surface area contributed by atoms with Crippen LogP contribution >= 0.6 is 0 Å². The number of amides is 2. The molecule has 1 rings (SSSR count). The number of rotatable bonds is 7. The van der Waals surface area contributed by atoms with Crippen LogP contribution in [0.25, 0.3) is 0 Å². The number of aromatic nitrogens is 2. The fourth-order valence-electron chi connectivity index (χ4n) is 2.06. The van der Waals surface area contributed by atoms with E-state index in [1.165, 1.54) is 6.20 Å². The van der Waals surface area contributed by atoms with E-state index in [0.717, 1.165) is 12.8 Å². The molecular weight excluding hydrogens is 388 g/mol. The zero-order valence-corrected chi connectivity index (χ0v) is 18.9. The number of anilines is 2. The molecule has 1 N–H and O–H groups in total. The van der Waals surface area contributed by atoms with Crippen molar-refractivity contribution in [1.29, 1.82) is 0 Å². The smallest absolute Gasteiger partial charge is 0.427 e. The third-order valence-electron chi connectivity index (χ3n) is 3.23. The topological polar surface area (TPSA) is 103 Å². The molecule has 9 nitrogen and oxygen atoms in total. The minimum Gasteiger partial charge on any atom is -0.475 e. The third-order valence-corrected chi connectivity index (χ3v) is 3.23. The van der Waals surface area contributed by atoms with Crippen LogP contribution in [0.3, 0.4) is 0 Å². The average Bonchev–Trinajstić information content (AvgIpc) is 2.58. The summed E-state index contributed by atoms with van der Waals surface area (Å²) >= 11 is 0. The number of nitrogens with one attached hydrogen (secondary N) is 1. The standard InChI is InChI=1S/C21H32N4O5/c1-9-11-12-22-16-15(28-13-10-2)14-23-17(24-16)25(18(26)29-20(3,4)5)19(27)30-21(6,7)8/h2,14H,9,11-13H2,1,3-8H3,(H,22,23,24). The number of ether oxygens (including phenoxy) is 3. The largest absolute Gasteiger partial charge is 0.475 e. The molecule has 0 aliphatic rings. The van der Waals surface area contributed by atoms with Gasteiger partial charge in [-0.05, 0) is 48.0 Å². The molecule has 166 valence electrons. The fraction of sp³-hybridized carbons (Fsp3) is 0.619. The molecule has 0 bridgehead atoms. The number of unbranched alkanes of at least 4 members (excludes halogenated alkanes) is 1. The predicted molar refractivity (Wildman–Crippen MR) is 115 cm³/mol. The van der Waals surface area contributed by atoms with Crippen molar-refractivity contribution in [3.05, 3.63) is 6.20 Å². The highest BCUT2D eigenvalue weighted by Crippen LogP contribution is 2.26. The number of carbonyl (C=O) groups excluding carboxylic acids is 2. The molecule has 0 aromatic carbocycles. The highest BCUT2D eigenvalue weighted by molar-refractivity contribution is 6.08. The van der Waals surface area contributed by atoms with Gasteiger partial charge in [-0.2, -0.15) is 4.98 Å². The molecule has 0 saturated heterocycles. The van der Waals surface area contributed by atoms with Gasteiger partial charge in [-0.1, -0.05) is 19.3 Å². The van der Waals surface area contributed by atoms with Gasteiger partial charge in [-0.15, -0.1) is 11.3 Å². The first-order valence-corrected chi connectivity index (χ1v) is 9.81. The molecule has 0 aliphatic heterocycles. The van der Waals surface area contributed by atoms with Crippen molar-refractivity contribution < 1.29 is 23.8 Å². The second-order valence-electron chi connectivity index (χ2n) is 8.45. The Morgan fingerprint density at radius 2 is 1.70 bits per heavy atom. The Morgan fingerprint density at radius 1 is 1.13 bits per heavy atom. The lowest BCUT2D eigenvalue weighted by Gasteiger charge is -2.27. The maximum atomic E-state index is 12.8. The quantitative estimate of drug-likeness (QED) is 0.512. The molecule has 0 saturated carbocycles. The van der Waals surface area contributed by atoms with E-state index in [1.54, 1.807) is 41.5 Å². The molecule has 1 aromatic heterocycles. The molecule has 0 atom stereocenters. The van der Waals surface area contributed by atoms with Gasteiger partial charge in [0.05, 0.1) is 6.20 Å². The molecule has 30 heavy (non-hydrogen) atoms. The summed E-state index contributed by atoms with van der Waals surface area (Å²) in [5.41, 5.74) is -1.68. The van der Waals surface area contributed by atoms with Gasteiger partial charge in [0.15, 0.2) is 11.6 Å². The van der Waals surface area contributed by atoms with Gasteiger partial charge in [0.25, 0.3) is 0 Å². The summed E-state index contributed by atoms with van der Waals surface area (Å²) in [6.45, 7) is 12.8. The monoisotopic (exact) mass is 420 g/mol. The predicted octanol–water partition coefficient (Wildman–Crippen LogP) is 4.38. The highest BCUT2D eigenvalue weighted by atomic mass is 16.6. The Balaban J connectivity index is 3.35. The number of terminal acetylenes is 1. The minimum absolute atomic E-state index is 0.0208. The van der Waals surface area contributed by atoms with E-state index >= 15 is 0 Å². The second-order valence-corrected chi connectivity index (χ2v) is 8.45. The first kappa shape index (κ1) is 25.0. The van der Waals surface area contributed by atoms with Crippen molar-refractivity contribution in [3.63, 3.8) is 0 Å². The maximum Gasteiger partial charge on any atom is 0.427 e. The van der Waals surface area contributed by atoms with E-state index in [0.29, 0.717) is 23.0 Å². The van der Waals surface area contributed by atoms with Crippen LogP contribution in [-0.2, 0) is 9.47 Å². The Kier molecular flexibility index (Phi) is 8.90. The van der Waals surface area contributed by atoms with Crippen molar-refractivity contribution in [2.45, 2.75) is 72.5 Å². The van der Waals surface area contributed by atoms with E-state index in [4.69, 9.17) is 20.6 Å². The van der Waals surface area contributed by atoms with Crippen LogP contribution in [0.1, 0.15) is 61.3 Å². The average molecular weight is 421 g/mol. The molecular formula is C21H32N4O5. The first-order valence-electron chi connectivity index (χ1n) is 9.81. The Morgan fingerprint density at radius 3 is 2.17 bits per heavy atom. The third kappa shape index (κ3) is 8.55. The summed E-state index contributed by atoms with van der Waals surface area (Å²) in [6.07, 6.45) is 6.55. The molecule has 9 heteroatoms. The number of carbonyl (C=O) groups is 2. The van der Waals surface area contributed by atoms with Gasteiger partial charge in [0.2, 0.25) is 5.95 Å². The van der Waals surface area contributed by atoms with Crippen LogP contribution in [0.5, 0.6) is 5.75 Å². The van der Waals surface area contributed by atoms with Gasteiger partial charge in [0, 0.05) is 6.54 Å². The zero-order valence-electron chi connectivity index (χ0n) is 18.9. The maximum absolute atomic E-state index is 12.8. The van der Waals surface area contributed by atoms with Gasteiger partial charge in [-0.3, -0.25) is 0 Å². The molecule has 0 fully saturated rings. The van der Waals surface area contributed by atoms with E-state index in [9.17, 15) is 9.59 Å². The lowest BCUT2D eigenvalue weighted by Crippen LogP contribution is -2.44. The summed E-state index contributed by atoms with van der Waals surface area (Å²) in [6, 6.07) is 0. The number of nitrogens with zero attached hydrogens (tertiary/aromatic N) is 3. The lowest BCUT2D eigenvalue weighted by molar-refractivity contribution is 0.0427. The Hall–Kier alpha value is -3.02. The van der Waals surface area contributed by atoms with Gasteiger partial charge in [0.1, 0.15) is 17.8 Å². The minimum atomic E-state index is -0.950. The van der Waals surface area contributed by atoms with Crippen molar-refractivity contribution >= 4 is 24.0 Å². The Bertz CT molecular complexity index is 747. The molecule has 2 amide bonds. The van der Waals surface area contributed by atoms with E-state index in [-0.39, 0.29) is 12.6 Å². The van der Waals surface area contributed by atoms with E-state index in [2.05, 4.69) is 28.1 Å². The summed E-state index contributed by atoms with van der Waals surface area (Å²) in [5.74, 6) is 2.78. The summed E-state index contributed by atoms with van der Waals surface area (Å²) in [7, 11) is 0. The van der Waals surface area contributed by atoms with Crippen molar-refractivity contribution in [2.75, 3.05) is 23.4 Å². The van der Waals surface area contributed by atoms with Gasteiger partial charge < -0.3 is 19.5 Å². The van der Waals surface area contributed by atoms with E-state index in [1.807, 2.05) is 0 Å². The molecule has 0 spiro atoms. The zero-order chi connectivity index (χ0) is 22.9. The van der Waals surface area contributed by atoms with Crippen LogP contribution in [0.15, 0.2) is 6.20 Å². The number of hydrogen-bond acceptors (Lipinski definition) is 8. The second kappa shape index (κ2) is 10.7. The normalized spacial score (nSPS) is 11.3. The highest BCUT2D eigenvalue weighted by Gasteiger charge is 2.35. The van der Waals surface area contributed by atoms with Crippen LogP contribution in [0.2, 0.25) is 0 Å². The van der Waals surface area contributed by atoms with Crippen LogP contribution in [0, 0.1) is 12.3 Å². The van der Waals surface area contributed by atoms with Gasteiger partial charge >= 0.3 is 12.2 Å². The summed E-state index contributed by atoms with van der Waals surface area (Å²) in [4.78, 5) is 34.6. The summed E-state index contributed by atoms with van der Waals surface area (Å²) in [5, 5.41) is 3.12. The number of imide groups is 1. The van der Waals surface area contributed by atoms with Crippen molar-refractivity contribution in [2.24, 2.45) is 0 Å². The molecule has 1 heterocycles. The first-order chi connectivity index (χ1) is 13.9. The van der Waals surface area contributed by atoms with Gasteiger partial charge in [-0.25, -0.2) is 14.6 Å². The summed E-state index contributed by atoms with van der Waals surface area (Å²) < 4.78 is 16.2. The molecule has 0 aliphatic carbocycles. The fourth-order valence-corrected chi connectivity index (χ4v) is 2.06. The van der Waals surface area contributed by atoms with Crippen LogP contribution in [0.4, 0.5) is 21.4 Å². The molecule has 1 aromatic rings. The van der Waals surface area contributed by atoms with Crippen LogP contribution in [-0.4, -0.2) is 46.5 Å². The van der Waals surface area contributed by atoms with Crippen molar-refractivity contribution in [1.82, 2.24) is 9.97 Å². The van der Waals surface area contributed by atoms with Crippen LogP contribution < -0.4 is 15.0 Å². The van der Waals surface area contributed by atoms with E-state index < -0.39 is 23.4 Å². The number of hydrogen-bond donors (Lipinski definition) is 1. The molecule has 0 unspecified atom stereocenters. The Labute approximate surface area is 178 Å². The lowest BCUT2D eigenvalue weighted by atomic mass is 10.2. The molecule has 0 radical (unpaired) electrons. The van der Waals surface area contributed by atoms with Crippen molar-refractivity contribution in [3.8, 4) is 18.1 Å². The SMILES string of the molecule is C#CCOc1cnc(N(C(=O)OC(C)(C)C)C(=O)OC(C)(C)C)nc1NCCCC.